The maximum atomic E-state index is 13.2. The Balaban J connectivity index is 1.05. The van der Waals surface area contributed by atoms with Crippen LogP contribution in [0.5, 0.6) is 0 Å². The second-order valence-electron chi connectivity index (χ2n) is 10.5. The number of amides is 3. The van der Waals surface area contributed by atoms with Crippen molar-refractivity contribution in [3.05, 3.63) is 84.3 Å². The van der Waals surface area contributed by atoms with Gasteiger partial charge in [-0.15, -0.1) is 0 Å². The number of aromatic nitrogens is 4. The van der Waals surface area contributed by atoms with Crippen molar-refractivity contribution in [2.75, 3.05) is 72.9 Å². The molecule has 2 fully saturated rings. The number of benzene rings is 2. The van der Waals surface area contributed by atoms with E-state index in [2.05, 4.69) is 35.4 Å². The van der Waals surface area contributed by atoms with Crippen LogP contribution in [0, 0.1) is 0 Å². The highest BCUT2D eigenvalue weighted by molar-refractivity contribution is 6.01. The first kappa shape index (κ1) is 29.0. The molecule has 2 aromatic carbocycles. The number of pyridine rings is 1. The second-order valence-corrected chi connectivity index (χ2v) is 10.5. The molecule has 0 aliphatic carbocycles. The van der Waals surface area contributed by atoms with Gasteiger partial charge in [-0.3, -0.25) is 4.79 Å². The summed E-state index contributed by atoms with van der Waals surface area (Å²) >= 11 is 0. The minimum atomic E-state index is -0.408. The molecule has 12 nitrogen and oxygen atoms in total. The second kappa shape index (κ2) is 13.5. The monoisotopic (exact) mass is 593 g/mol. The Morgan fingerprint density at radius 3 is 2.30 bits per heavy atom. The third-order valence-corrected chi connectivity index (χ3v) is 7.59. The summed E-state index contributed by atoms with van der Waals surface area (Å²) in [6, 6.07) is 19.8. The van der Waals surface area contributed by atoms with Crippen LogP contribution < -0.4 is 20.4 Å². The third kappa shape index (κ3) is 6.92. The number of piperazine rings is 1. The first-order valence-corrected chi connectivity index (χ1v) is 14.9. The summed E-state index contributed by atoms with van der Waals surface area (Å²) in [6.45, 7) is 7.42. The zero-order valence-corrected chi connectivity index (χ0v) is 24.6. The van der Waals surface area contributed by atoms with Gasteiger partial charge in [-0.25, -0.2) is 14.8 Å². The van der Waals surface area contributed by atoms with Gasteiger partial charge in [0.05, 0.1) is 13.2 Å². The third-order valence-electron chi connectivity index (χ3n) is 7.59. The fourth-order valence-corrected chi connectivity index (χ4v) is 5.19. The molecule has 0 atom stereocenters. The number of carbonyl (C=O) groups excluding carboxylic acids is 2. The molecule has 0 saturated carbocycles. The number of morpholine rings is 1. The van der Waals surface area contributed by atoms with E-state index in [1.807, 2.05) is 54.3 Å². The number of nitrogens with zero attached hydrogens (tertiary/aromatic N) is 7. The lowest BCUT2D eigenvalue weighted by atomic mass is 10.1. The topological polar surface area (TPSA) is 129 Å². The van der Waals surface area contributed by atoms with E-state index in [1.165, 1.54) is 0 Å². The van der Waals surface area contributed by atoms with Crippen LogP contribution >= 0.6 is 0 Å². The van der Waals surface area contributed by atoms with E-state index in [0.717, 1.165) is 30.3 Å². The average Bonchev–Trinajstić information content (AvgIpc) is 3.09. The highest BCUT2D eigenvalue weighted by Gasteiger charge is 2.23. The number of aryl methyl sites for hydroxylation is 1. The summed E-state index contributed by atoms with van der Waals surface area (Å²) in [7, 11) is 0. The van der Waals surface area contributed by atoms with Crippen molar-refractivity contribution >= 4 is 35.1 Å². The van der Waals surface area contributed by atoms with Crippen molar-refractivity contribution in [1.29, 1.82) is 0 Å². The van der Waals surface area contributed by atoms with Crippen LogP contribution in [0.1, 0.15) is 23.1 Å². The van der Waals surface area contributed by atoms with E-state index in [1.54, 1.807) is 30.5 Å². The lowest BCUT2D eigenvalue weighted by Gasteiger charge is -2.35. The summed E-state index contributed by atoms with van der Waals surface area (Å²) in [5.74, 6) is 2.83. The van der Waals surface area contributed by atoms with Gasteiger partial charge in [-0.2, -0.15) is 9.97 Å². The Hall–Kier alpha value is -5.10. The van der Waals surface area contributed by atoms with Crippen LogP contribution in [0.4, 0.5) is 27.9 Å². The van der Waals surface area contributed by atoms with E-state index in [4.69, 9.17) is 9.72 Å². The van der Waals surface area contributed by atoms with Gasteiger partial charge >= 0.3 is 6.03 Å². The first-order chi connectivity index (χ1) is 21.6. The molecule has 226 valence electrons. The molecule has 4 aromatic rings. The normalized spacial score (nSPS) is 15.2. The zero-order valence-electron chi connectivity index (χ0n) is 24.6. The Morgan fingerprint density at radius 1 is 0.795 bits per heavy atom. The standard InChI is InChI=1S/C32H35N9O3/c1-2-27-36-29(38-31(37-27)41-18-20-44-21-19-41)23-9-11-25(12-10-23)34-32(43)35-26-7-5-6-24(22-26)30(42)40-16-14-39(15-17-40)28-8-3-4-13-33-28/h3-13,22H,2,14-21H2,1H3,(H2,34,35,43). The molecule has 0 spiro atoms. The van der Waals surface area contributed by atoms with E-state index in [9.17, 15) is 9.59 Å². The van der Waals surface area contributed by atoms with Crippen molar-refractivity contribution in [3.63, 3.8) is 0 Å². The van der Waals surface area contributed by atoms with Crippen LogP contribution in [-0.4, -0.2) is 89.3 Å². The van der Waals surface area contributed by atoms with Crippen LogP contribution in [0.2, 0.25) is 0 Å². The van der Waals surface area contributed by atoms with Crippen LogP contribution in [-0.2, 0) is 11.2 Å². The number of carbonyl (C=O) groups is 2. The highest BCUT2D eigenvalue weighted by Crippen LogP contribution is 2.22. The molecule has 6 rings (SSSR count). The summed E-state index contributed by atoms with van der Waals surface area (Å²) in [4.78, 5) is 50.5. The van der Waals surface area contributed by atoms with Crippen molar-refractivity contribution in [1.82, 2.24) is 24.8 Å². The smallest absolute Gasteiger partial charge is 0.323 e. The van der Waals surface area contributed by atoms with Crippen LogP contribution in [0.15, 0.2) is 72.9 Å². The molecule has 0 radical (unpaired) electrons. The van der Waals surface area contributed by atoms with Gasteiger partial charge in [-0.05, 0) is 54.6 Å². The van der Waals surface area contributed by atoms with Gasteiger partial charge in [0.25, 0.3) is 5.91 Å². The molecule has 2 saturated heterocycles. The largest absolute Gasteiger partial charge is 0.378 e. The van der Waals surface area contributed by atoms with Gasteiger partial charge < -0.3 is 30.1 Å². The van der Waals surface area contributed by atoms with Crippen LogP contribution in [0.3, 0.4) is 0 Å². The molecule has 0 bridgehead atoms. The zero-order chi connectivity index (χ0) is 30.3. The minimum Gasteiger partial charge on any atom is -0.378 e. The van der Waals surface area contributed by atoms with Crippen LogP contribution in [0.25, 0.3) is 11.4 Å². The Morgan fingerprint density at radius 2 is 1.57 bits per heavy atom. The van der Waals surface area contributed by atoms with Crippen molar-refractivity contribution in [2.45, 2.75) is 13.3 Å². The molecule has 12 heteroatoms. The molecule has 2 aliphatic heterocycles. The van der Waals surface area contributed by atoms with E-state index >= 15 is 0 Å². The Kier molecular flexibility index (Phi) is 8.87. The average molecular weight is 594 g/mol. The predicted octanol–water partition coefficient (Wildman–Crippen LogP) is 3.94. The number of anilines is 4. The van der Waals surface area contributed by atoms with E-state index in [-0.39, 0.29) is 5.91 Å². The molecule has 4 heterocycles. The molecular formula is C32H35N9O3. The SMILES string of the molecule is CCc1nc(-c2ccc(NC(=O)Nc3cccc(C(=O)N4CCN(c5ccccn5)CC4)c3)cc2)nc(N2CCOCC2)n1. The summed E-state index contributed by atoms with van der Waals surface area (Å²) in [5.41, 5.74) is 2.50. The fraction of sp³-hybridized carbons (Fsp3) is 0.312. The summed E-state index contributed by atoms with van der Waals surface area (Å²) in [5, 5.41) is 5.69. The minimum absolute atomic E-state index is 0.0633. The van der Waals surface area contributed by atoms with Gasteiger partial charge in [0.2, 0.25) is 5.95 Å². The quantitative estimate of drug-likeness (QED) is 0.327. The maximum Gasteiger partial charge on any atom is 0.323 e. The number of ether oxygens (including phenoxy) is 1. The molecule has 44 heavy (non-hydrogen) atoms. The van der Waals surface area contributed by atoms with Crippen molar-refractivity contribution in [3.8, 4) is 11.4 Å². The molecular weight excluding hydrogens is 558 g/mol. The molecule has 2 aliphatic rings. The molecule has 2 aromatic heterocycles. The number of hydrogen-bond donors (Lipinski definition) is 2. The fourth-order valence-electron chi connectivity index (χ4n) is 5.19. The van der Waals surface area contributed by atoms with Gasteiger partial charge in [-0.1, -0.05) is 19.1 Å². The van der Waals surface area contributed by atoms with Gasteiger partial charge in [0.15, 0.2) is 5.82 Å². The number of urea groups is 1. The first-order valence-electron chi connectivity index (χ1n) is 14.9. The predicted molar refractivity (Wildman–Crippen MR) is 169 cm³/mol. The van der Waals surface area contributed by atoms with Gasteiger partial charge in [0.1, 0.15) is 11.6 Å². The Labute approximate surface area is 256 Å². The number of nitrogens with one attached hydrogen (secondary N) is 2. The summed E-state index contributed by atoms with van der Waals surface area (Å²) in [6.07, 6.45) is 2.47. The van der Waals surface area contributed by atoms with Gasteiger partial charge in [0, 0.05) is 74.4 Å². The molecule has 2 N–H and O–H groups in total. The van der Waals surface area contributed by atoms with Crippen molar-refractivity contribution in [2.24, 2.45) is 0 Å². The maximum absolute atomic E-state index is 13.2. The van der Waals surface area contributed by atoms with E-state index < -0.39 is 6.03 Å². The Bertz CT molecular complexity index is 1590. The number of hydrogen-bond acceptors (Lipinski definition) is 9. The molecule has 3 amide bonds. The number of rotatable bonds is 7. The summed E-state index contributed by atoms with van der Waals surface area (Å²) < 4.78 is 5.46. The highest BCUT2D eigenvalue weighted by atomic mass is 16.5. The van der Waals surface area contributed by atoms with Crippen molar-refractivity contribution < 1.29 is 14.3 Å². The lowest BCUT2D eigenvalue weighted by Crippen LogP contribution is -2.49. The van der Waals surface area contributed by atoms with E-state index in [0.29, 0.717) is 74.5 Å². The lowest BCUT2D eigenvalue weighted by molar-refractivity contribution is 0.0746. The molecule has 0 unspecified atom stereocenters.